The molecular formula is C22H25FO6. The van der Waals surface area contributed by atoms with Gasteiger partial charge in [-0.05, 0) is 48.3 Å². The van der Waals surface area contributed by atoms with Crippen LogP contribution < -0.4 is 0 Å². The third-order valence-corrected chi connectivity index (χ3v) is 8.36. The normalized spacial score (nSPS) is 48.4. The van der Waals surface area contributed by atoms with Crippen molar-refractivity contribution in [1.29, 1.82) is 0 Å². The van der Waals surface area contributed by atoms with Crippen LogP contribution in [0.5, 0.6) is 0 Å². The first-order chi connectivity index (χ1) is 13.4. The zero-order valence-corrected chi connectivity index (χ0v) is 16.6. The van der Waals surface area contributed by atoms with Crippen molar-refractivity contribution >= 4 is 23.3 Å². The number of Topliss-reactive ketones (excluding diaryl/α,β-unsaturated/α-hetero) is 2. The molecule has 4 rings (SSSR count). The number of rotatable bonds is 2. The van der Waals surface area contributed by atoms with Gasteiger partial charge in [-0.3, -0.25) is 14.4 Å². The lowest BCUT2D eigenvalue weighted by Crippen LogP contribution is -2.63. The standard InChI is InChI=1S/C22H25FO6/c1-10-6-13-12-8-15(23)14-7-11(24)4-5-20(14,2)17(12)16(25)9-21(13,3)22(10,29)18(26)19(27)28/h4-5,7,10,12-13,15,17,29H,6,8-9H2,1-3H3,(H,27,28)/t10-,12+,13+,15+,17-,20+,21+,22+/m1/s1. The van der Waals surface area contributed by atoms with E-state index in [4.69, 9.17) is 0 Å². The summed E-state index contributed by atoms with van der Waals surface area (Å²) in [6.45, 7) is 4.97. The highest BCUT2D eigenvalue weighted by molar-refractivity contribution is 6.36. The molecule has 2 N–H and O–H groups in total. The summed E-state index contributed by atoms with van der Waals surface area (Å²) >= 11 is 0. The van der Waals surface area contributed by atoms with Gasteiger partial charge >= 0.3 is 5.97 Å². The van der Waals surface area contributed by atoms with Crippen LogP contribution in [0, 0.1) is 34.5 Å². The number of aliphatic carboxylic acids is 1. The predicted molar refractivity (Wildman–Crippen MR) is 99.4 cm³/mol. The molecular weight excluding hydrogens is 379 g/mol. The molecule has 8 atom stereocenters. The van der Waals surface area contributed by atoms with E-state index < -0.39 is 52.1 Å². The van der Waals surface area contributed by atoms with E-state index in [2.05, 4.69) is 0 Å². The molecule has 156 valence electrons. The molecule has 4 aliphatic rings. The monoisotopic (exact) mass is 404 g/mol. The van der Waals surface area contributed by atoms with Gasteiger partial charge in [-0.25, -0.2) is 9.18 Å². The van der Waals surface area contributed by atoms with Gasteiger partial charge in [-0.15, -0.1) is 0 Å². The summed E-state index contributed by atoms with van der Waals surface area (Å²) in [5, 5.41) is 20.6. The first-order valence-corrected chi connectivity index (χ1v) is 10.00. The first kappa shape index (κ1) is 20.1. The SMILES string of the molecule is C[C@@H]1C[C@H]2[C@@H]3C[C@H](F)C4=CC(=O)C=C[C@]4(C)[C@H]3C(=O)C[C@]2(C)[C@@]1(O)C(=O)C(=O)O. The molecule has 3 fully saturated rings. The van der Waals surface area contributed by atoms with Gasteiger partial charge in [0, 0.05) is 23.2 Å². The van der Waals surface area contributed by atoms with Gasteiger partial charge in [0.25, 0.3) is 5.78 Å². The van der Waals surface area contributed by atoms with Crippen molar-refractivity contribution in [3.63, 3.8) is 0 Å². The van der Waals surface area contributed by atoms with Crippen molar-refractivity contribution in [2.24, 2.45) is 34.5 Å². The number of carboxylic acid groups (broad SMARTS) is 1. The van der Waals surface area contributed by atoms with Crippen LogP contribution in [0.4, 0.5) is 4.39 Å². The first-order valence-electron chi connectivity index (χ1n) is 10.00. The maximum atomic E-state index is 15.2. The lowest BCUT2D eigenvalue weighted by molar-refractivity contribution is -0.180. The van der Waals surface area contributed by atoms with E-state index in [9.17, 15) is 29.4 Å². The number of allylic oxidation sites excluding steroid dienone is 4. The van der Waals surface area contributed by atoms with Gasteiger partial charge < -0.3 is 10.2 Å². The minimum Gasteiger partial charge on any atom is -0.475 e. The number of hydrogen-bond donors (Lipinski definition) is 2. The summed E-state index contributed by atoms with van der Waals surface area (Å²) in [7, 11) is 0. The number of carbonyl (C=O) groups is 4. The topological polar surface area (TPSA) is 109 Å². The largest absolute Gasteiger partial charge is 0.475 e. The number of halogens is 1. The summed E-state index contributed by atoms with van der Waals surface area (Å²) in [6, 6.07) is 0. The number of hydrogen-bond acceptors (Lipinski definition) is 5. The average molecular weight is 404 g/mol. The molecule has 0 saturated heterocycles. The Morgan fingerprint density at radius 3 is 2.48 bits per heavy atom. The van der Waals surface area contributed by atoms with Crippen molar-refractivity contribution in [2.45, 2.75) is 51.8 Å². The Labute approximate surface area is 167 Å². The fourth-order valence-electron chi connectivity index (χ4n) is 7.02. The maximum Gasteiger partial charge on any atom is 0.375 e. The Morgan fingerprint density at radius 1 is 1.21 bits per heavy atom. The van der Waals surface area contributed by atoms with Gasteiger partial charge in [0.1, 0.15) is 17.6 Å². The minimum atomic E-state index is -2.18. The Kier molecular flexibility index (Phi) is 4.12. The second kappa shape index (κ2) is 5.94. The smallest absolute Gasteiger partial charge is 0.375 e. The summed E-state index contributed by atoms with van der Waals surface area (Å²) in [5.41, 5.74) is -4.07. The lowest BCUT2D eigenvalue weighted by Gasteiger charge is -2.57. The minimum absolute atomic E-state index is 0.0171. The van der Waals surface area contributed by atoms with E-state index in [0.29, 0.717) is 12.0 Å². The second-order valence-corrected chi connectivity index (χ2v) is 9.67. The Balaban J connectivity index is 1.83. The molecule has 6 nitrogen and oxygen atoms in total. The van der Waals surface area contributed by atoms with E-state index in [1.165, 1.54) is 12.2 Å². The highest BCUT2D eigenvalue weighted by Crippen LogP contribution is 2.67. The molecule has 0 aromatic carbocycles. The highest BCUT2D eigenvalue weighted by atomic mass is 19.1. The van der Waals surface area contributed by atoms with E-state index in [1.807, 2.05) is 0 Å². The number of aliphatic hydroxyl groups is 1. The van der Waals surface area contributed by atoms with Crippen LogP contribution in [-0.2, 0) is 19.2 Å². The number of ketones is 3. The van der Waals surface area contributed by atoms with Crippen LogP contribution in [0.3, 0.4) is 0 Å². The number of carboxylic acids is 1. The lowest BCUT2D eigenvalue weighted by atomic mass is 9.46. The molecule has 0 spiro atoms. The van der Waals surface area contributed by atoms with E-state index >= 15 is 4.39 Å². The van der Waals surface area contributed by atoms with Gasteiger partial charge in [0.05, 0.1) is 0 Å². The van der Waals surface area contributed by atoms with Crippen molar-refractivity contribution in [1.82, 2.24) is 0 Å². The molecule has 7 heteroatoms. The summed E-state index contributed by atoms with van der Waals surface area (Å²) in [5.74, 6) is -5.62. The van der Waals surface area contributed by atoms with Crippen LogP contribution in [0.25, 0.3) is 0 Å². The Morgan fingerprint density at radius 2 is 1.86 bits per heavy atom. The Bertz CT molecular complexity index is 905. The van der Waals surface area contributed by atoms with Gasteiger partial charge in [-0.2, -0.15) is 0 Å². The highest BCUT2D eigenvalue weighted by Gasteiger charge is 2.72. The zero-order valence-electron chi connectivity index (χ0n) is 16.6. The van der Waals surface area contributed by atoms with Crippen molar-refractivity contribution < 1.29 is 33.8 Å². The summed E-state index contributed by atoms with van der Waals surface area (Å²) in [6.07, 6.45) is 3.05. The predicted octanol–water partition coefficient (Wildman–Crippen LogP) is 2.05. The van der Waals surface area contributed by atoms with E-state index in [-0.39, 0.29) is 30.3 Å². The molecule has 3 saturated carbocycles. The van der Waals surface area contributed by atoms with Gasteiger partial charge in [0.15, 0.2) is 5.78 Å². The molecule has 29 heavy (non-hydrogen) atoms. The molecule has 0 aromatic heterocycles. The number of carbonyl (C=O) groups excluding carboxylic acids is 3. The molecule has 0 aliphatic heterocycles. The molecule has 0 bridgehead atoms. The van der Waals surface area contributed by atoms with Crippen molar-refractivity contribution in [3.05, 3.63) is 23.8 Å². The van der Waals surface area contributed by atoms with Gasteiger partial charge in [-0.1, -0.05) is 26.8 Å². The molecule has 0 unspecified atom stereocenters. The molecule has 4 aliphatic carbocycles. The second-order valence-electron chi connectivity index (χ2n) is 9.67. The summed E-state index contributed by atoms with van der Waals surface area (Å²) < 4.78 is 15.2. The van der Waals surface area contributed by atoms with E-state index in [1.54, 1.807) is 26.8 Å². The van der Waals surface area contributed by atoms with E-state index in [0.717, 1.165) is 0 Å². The molecule has 0 aromatic rings. The van der Waals surface area contributed by atoms with Crippen LogP contribution in [0.15, 0.2) is 23.8 Å². The molecule has 0 radical (unpaired) electrons. The fourth-order valence-corrected chi connectivity index (χ4v) is 7.02. The van der Waals surface area contributed by atoms with Crippen LogP contribution in [0.2, 0.25) is 0 Å². The fraction of sp³-hybridized carbons (Fsp3) is 0.636. The van der Waals surface area contributed by atoms with Crippen LogP contribution in [0.1, 0.15) is 40.0 Å². The van der Waals surface area contributed by atoms with Crippen LogP contribution >= 0.6 is 0 Å². The Hall–Kier alpha value is -2.15. The third-order valence-electron chi connectivity index (χ3n) is 8.36. The number of fused-ring (bicyclic) bond motifs is 5. The number of alkyl halides is 1. The summed E-state index contributed by atoms with van der Waals surface area (Å²) in [4.78, 5) is 49.1. The average Bonchev–Trinajstić information content (AvgIpc) is 2.83. The maximum absolute atomic E-state index is 15.2. The van der Waals surface area contributed by atoms with Crippen molar-refractivity contribution in [2.75, 3.05) is 0 Å². The van der Waals surface area contributed by atoms with Crippen molar-refractivity contribution in [3.8, 4) is 0 Å². The zero-order chi connectivity index (χ0) is 21.5. The third kappa shape index (κ3) is 2.31. The van der Waals surface area contributed by atoms with Gasteiger partial charge in [0.2, 0.25) is 0 Å². The van der Waals surface area contributed by atoms with Crippen LogP contribution in [-0.4, -0.2) is 45.3 Å². The molecule has 0 amide bonds. The quantitative estimate of drug-likeness (QED) is 0.682. The molecule has 0 heterocycles.